The molecule has 0 unspecified atom stereocenters. The van der Waals surface area contributed by atoms with Gasteiger partial charge in [0, 0.05) is 31.1 Å². The van der Waals surface area contributed by atoms with Gasteiger partial charge in [-0.1, -0.05) is 12.1 Å². The van der Waals surface area contributed by atoms with Crippen LogP contribution < -0.4 is 4.74 Å². The molecule has 0 aliphatic heterocycles. The molecule has 0 radical (unpaired) electrons. The summed E-state index contributed by atoms with van der Waals surface area (Å²) in [5.74, 6) is 1.07. The predicted molar refractivity (Wildman–Crippen MR) is 107 cm³/mol. The van der Waals surface area contributed by atoms with Crippen molar-refractivity contribution in [1.82, 2.24) is 29.7 Å². The second-order valence-electron chi connectivity index (χ2n) is 6.32. The lowest BCUT2D eigenvalue weighted by Gasteiger charge is -2.11. The molecule has 0 bridgehead atoms. The predicted octanol–water partition coefficient (Wildman–Crippen LogP) is 4.51. The highest BCUT2D eigenvalue weighted by atomic mass is 32.2. The zero-order valence-electron chi connectivity index (χ0n) is 16.3. The third-order valence-electron chi connectivity index (χ3n) is 4.31. The molecule has 0 spiro atoms. The second-order valence-corrected chi connectivity index (χ2v) is 7.30. The van der Waals surface area contributed by atoms with Crippen LogP contribution in [-0.4, -0.2) is 36.8 Å². The SMILES string of the molecule is COc1ccccc1-c1nnc(Sc2cc(C(F)(F)F)nc(-c3ccncc3)n2)n1C. The number of nitrogens with zero attached hydrogens (tertiary/aromatic N) is 6. The molecule has 158 valence electrons. The minimum absolute atomic E-state index is 0.0492. The molecule has 3 heterocycles. The van der Waals surface area contributed by atoms with Crippen LogP contribution in [0.2, 0.25) is 0 Å². The maximum atomic E-state index is 13.4. The number of aromatic nitrogens is 6. The van der Waals surface area contributed by atoms with E-state index in [0.717, 1.165) is 17.8 Å². The minimum atomic E-state index is -4.62. The van der Waals surface area contributed by atoms with Gasteiger partial charge in [0.2, 0.25) is 0 Å². The Morgan fingerprint density at radius 3 is 2.45 bits per heavy atom. The number of benzene rings is 1. The average Bonchev–Trinajstić information content (AvgIpc) is 3.13. The number of alkyl halides is 3. The van der Waals surface area contributed by atoms with Crippen LogP contribution >= 0.6 is 11.8 Å². The van der Waals surface area contributed by atoms with Crippen molar-refractivity contribution < 1.29 is 17.9 Å². The Morgan fingerprint density at radius 1 is 1.00 bits per heavy atom. The van der Waals surface area contributed by atoms with Crippen LogP contribution in [0.1, 0.15) is 5.69 Å². The molecule has 0 amide bonds. The van der Waals surface area contributed by atoms with E-state index in [-0.39, 0.29) is 10.9 Å². The van der Waals surface area contributed by atoms with Crippen LogP contribution in [0.25, 0.3) is 22.8 Å². The summed E-state index contributed by atoms with van der Waals surface area (Å²) in [4.78, 5) is 11.8. The van der Waals surface area contributed by atoms with Crippen LogP contribution in [0.15, 0.2) is 65.0 Å². The van der Waals surface area contributed by atoms with Gasteiger partial charge < -0.3 is 9.30 Å². The van der Waals surface area contributed by atoms with Gasteiger partial charge in [0.15, 0.2) is 16.8 Å². The number of hydrogen-bond acceptors (Lipinski definition) is 7. The Kier molecular flexibility index (Phi) is 5.59. The number of para-hydroxylation sites is 1. The van der Waals surface area contributed by atoms with Crippen molar-refractivity contribution in [2.75, 3.05) is 7.11 Å². The van der Waals surface area contributed by atoms with Gasteiger partial charge >= 0.3 is 6.18 Å². The van der Waals surface area contributed by atoms with E-state index in [0.29, 0.717) is 27.9 Å². The van der Waals surface area contributed by atoms with E-state index in [4.69, 9.17) is 4.74 Å². The summed E-state index contributed by atoms with van der Waals surface area (Å²) >= 11 is 0.964. The molecule has 0 saturated carbocycles. The minimum Gasteiger partial charge on any atom is -0.496 e. The van der Waals surface area contributed by atoms with Crippen molar-refractivity contribution in [3.8, 4) is 28.5 Å². The topological polar surface area (TPSA) is 78.6 Å². The highest BCUT2D eigenvalue weighted by molar-refractivity contribution is 7.99. The summed E-state index contributed by atoms with van der Waals surface area (Å²) < 4.78 is 47.3. The monoisotopic (exact) mass is 444 g/mol. The molecule has 0 aliphatic carbocycles. The van der Waals surface area contributed by atoms with Crippen molar-refractivity contribution in [2.24, 2.45) is 7.05 Å². The highest BCUT2D eigenvalue weighted by Crippen LogP contribution is 2.35. The number of rotatable bonds is 5. The van der Waals surface area contributed by atoms with Gasteiger partial charge in [-0.25, -0.2) is 9.97 Å². The number of methoxy groups -OCH3 is 1. The van der Waals surface area contributed by atoms with Crippen molar-refractivity contribution >= 4 is 11.8 Å². The van der Waals surface area contributed by atoms with Crippen LogP contribution in [0.4, 0.5) is 13.2 Å². The van der Waals surface area contributed by atoms with Crippen molar-refractivity contribution in [1.29, 1.82) is 0 Å². The number of ether oxygens (including phenoxy) is 1. The Morgan fingerprint density at radius 2 is 1.74 bits per heavy atom. The Hall–Kier alpha value is -3.47. The Labute approximate surface area is 179 Å². The van der Waals surface area contributed by atoms with Gasteiger partial charge in [0.25, 0.3) is 0 Å². The molecule has 3 aromatic heterocycles. The molecule has 1 aromatic carbocycles. The van der Waals surface area contributed by atoms with E-state index in [9.17, 15) is 13.2 Å². The fraction of sp³-hybridized carbons (Fsp3) is 0.150. The maximum Gasteiger partial charge on any atom is 0.433 e. The van der Waals surface area contributed by atoms with E-state index >= 15 is 0 Å². The number of pyridine rings is 1. The second kappa shape index (κ2) is 8.34. The summed E-state index contributed by atoms with van der Waals surface area (Å²) in [5.41, 5.74) is 0.0996. The smallest absolute Gasteiger partial charge is 0.433 e. The zero-order chi connectivity index (χ0) is 22.0. The highest BCUT2D eigenvalue weighted by Gasteiger charge is 2.34. The third kappa shape index (κ3) is 4.36. The lowest BCUT2D eigenvalue weighted by Crippen LogP contribution is -2.10. The van der Waals surface area contributed by atoms with Crippen LogP contribution in [0.5, 0.6) is 5.75 Å². The molecule has 7 nitrogen and oxygen atoms in total. The van der Waals surface area contributed by atoms with Crippen LogP contribution in [-0.2, 0) is 13.2 Å². The molecule has 31 heavy (non-hydrogen) atoms. The summed E-state index contributed by atoms with van der Waals surface area (Å²) in [6.45, 7) is 0. The summed E-state index contributed by atoms with van der Waals surface area (Å²) in [5, 5.41) is 8.77. The largest absolute Gasteiger partial charge is 0.496 e. The van der Waals surface area contributed by atoms with Crippen LogP contribution in [0, 0.1) is 0 Å². The first-order valence-electron chi connectivity index (χ1n) is 8.94. The van der Waals surface area contributed by atoms with E-state index < -0.39 is 11.9 Å². The van der Waals surface area contributed by atoms with Crippen LogP contribution in [0.3, 0.4) is 0 Å². The number of hydrogen-bond donors (Lipinski definition) is 0. The normalized spacial score (nSPS) is 11.5. The van der Waals surface area contributed by atoms with Gasteiger partial charge in [-0.2, -0.15) is 13.2 Å². The van der Waals surface area contributed by atoms with Gasteiger partial charge in [-0.15, -0.1) is 10.2 Å². The summed E-state index contributed by atoms with van der Waals surface area (Å²) in [6.07, 6.45) is -1.69. The quantitative estimate of drug-likeness (QED) is 0.419. The molecule has 11 heteroatoms. The molecule has 0 saturated heterocycles. The molecule has 0 fully saturated rings. The third-order valence-corrected chi connectivity index (χ3v) is 5.27. The van der Waals surface area contributed by atoms with Crippen molar-refractivity contribution in [3.05, 3.63) is 60.6 Å². The van der Waals surface area contributed by atoms with Gasteiger partial charge in [0.1, 0.15) is 16.5 Å². The lowest BCUT2D eigenvalue weighted by atomic mass is 10.2. The van der Waals surface area contributed by atoms with E-state index in [1.807, 2.05) is 18.2 Å². The average molecular weight is 444 g/mol. The zero-order valence-corrected chi connectivity index (χ0v) is 17.1. The standard InChI is InChI=1S/C20H15F3N6OS/c1-29-18(13-5-3-4-6-14(13)30-2)27-28-19(29)31-16-11-15(20(21,22)23)25-17(26-16)12-7-9-24-10-8-12/h3-11H,1-2H3. The molecular formula is C20H15F3N6OS. The fourth-order valence-corrected chi connectivity index (χ4v) is 3.61. The Balaban J connectivity index is 1.74. The lowest BCUT2D eigenvalue weighted by molar-refractivity contribution is -0.141. The first kappa shape index (κ1) is 20.8. The summed E-state index contributed by atoms with van der Waals surface area (Å²) in [6, 6.07) is 11.3. The van der Waals surface area contributed by atoms with Crippen molar-refractivity contribution in [2.45, 2.75) is 16.4 Å². The molecule has 4 aromatic rings. The fourth-order valence-electron chi connectivity index (χ4n) is 2.81. The Bertz CT molecular complexity index is 1210. The van der Waals surface area contributed by atoms with E-state index in [2.05, 4.69) is 25.1 Å². The molecule has 4 rings (SSSR count). The molecule has 0 aliphatic rings. The van der Waals surface area contributed by atoms with Gasteiger partial charge in [-0.3, -0.25) is 4.98 Å². The molecular weight excluding hydrogens is 429 g/mol. The molecule has 0 atom stereocenters. The summed E-state index contributed by atoms with van der Waals surface area (Å²) in [7, 11) is 3.27. The van der Waals surface area contributed by atoms with Gasteiger partial charge in [0.05, 0.1) is 12.7 Å². The maximum absolute atomic E-state index is 13.4. The van der Waals surface area contributed by atoms with E-state index in [1.165, 1.54) is 12.4 Å². The van der Waals surface area contributed by atoms with E-state index in [1.54, 1.807) is 36.9 Å². The molecule has 0 N–H and O–H groups in total. The first-order chi connectivity index (χ1) is 14.9. The van der Waals surface area contributed by atoms with Gasteiger partial charge in [-0.05, 0) is 36.0 Å². The first-order valence-corrected chi connectivity index (χ1v) is 9.76. The number of halogens is 3. The van der Waals surface area contributed by atoms with Crippen molar-refractivity contribution in [3.63, 3.8) is 0 Å².